The molecule has 0 amide bonds. The van der Waals surface area contributed by atoms with Crippen molar-refractivity contribution in [3.05, 3.63) is 35.8 Å². The molecule has 0 saturated carbocycles. The van der Waals surface area contributed by atoms with Crippen molar-refractivity contribution in [3.8, 4) is 10.6 Å². The van der Waals surface area contributed by atoms with Crippen LogP contribution in [0.4, 0.5) is 5.69 Å². The highest BCUT2D eigenvalue weighted by Crippen LogP contribution is 2.36. The van der Waals surface area contributed by atoms with Crippen molar-refractivity contribution < 1.29 is 0 Å². The Morgan fingerprint density at radius 3 is 2.70 bits per heavy atom. The van der Waals surface area contributed by atoms with E-state index in [2.05, 4.69) is 60.2 Å². The lowest BCUT2D eigenvalue weighted by atomic mass is 9.82. The van der Waals surface area contributed by atoms with E-state index in [-0.39, 0.29) is 0 Å². The Balaban J connectivity index is 1.72. The summed E-state index contributed by atoms with van der Waals surface area (Å²) in [6.45, 7) is 4.74. The third-order valence-electron chi connectivity index (χ3n) is 4.02. The van der Waals surface area contributed by atoms with Crippen LogP contribution in [0.15, 0.2) is 35.8 Å². The number of hydrogen-bond donors (Lipinski definition) is 1. The van der Waals surface area contributed by atoms with Gasteiger partial charge in [-0.3, -0.25) is 0 Å². The highest BCUT2D eigenvalue weighted by Gasteiger charge is 2.32. The van der Waals surface area contributed by atoms with Gasteiger partial charge < -0.3 is 5.32 Å². The molecule has 106 valence electrons. The van der Waals surface area contributed by atoms with Gasteiger partial charge in [-0.15, -0.1) is 11.3 Å². The van der Waals surface area contributed by atoms with E-state index in [9.17, 15) is 0 Å². The van der Waals surface area contributed by atoms with Crippen LogP contribution < -0.4 is 5.32 Å². The van der Waals surface area contributed by atoms with E-state index in [4.69, 9.17) is 0 Å². The van der Waals surface area contributed by atoms with Gasteiger partial charge in [0.15, 0.2) is 0 Å². The Hall–Kier alpha value is -1.00. The Labute approximate surface area is 129 Å². The topological polar surface area (TPSA) is 24.9 Å². The molecule has 1 aliphatic heterocycles. The van der Waals surface area contributed by atoms with Crippen LogP contribution in [0.5, 0.6) is 0 Å². The number of thiazole rings is 1. The minimum atomic E-state index is 0.374. The molecule has 2 aromatic rings. The third-order valence-corrected chi connectivity index (χ3v) is 5.91. The van der Waals surface area contributed by atoms with E-state index in [1.165, 1.54) is 29.2 Å². The second-order valence-electron chi connectivity index (χ2n) is 5.93. The summed E-state index contributed by atoms with van der Waals surface area (Å²) in [6, 6.07) is 9.21. The van der Waals surface area contributed by atoms with Gasteiger partial charge in [0.2, 0.25) is 0 Å². The minimum absolute atomic E-state index is 0.374. The van der Waals surface area contributed by atoms with Crippen LogP contribution in [0.2, 0.25) is 0 Å². The van der Waals surface area contributed by atoms with Crippen LogP contribution in [0.25, 0.3) is 10.6 Å². The molecule has 0 radical (unpaired) electrons. The van der Waals surface area contributed by atoms with Gasteiger partial charge in [0, 0.05) is 34.6 Å². The number of anilines is 1. The Kier molecular flexibility index (Phi) is 4.03. The van der Waals surface area contributed by atoms with Crippen LogP contribution in [-0.2, 0) is 0 Å². The number of hydrogen-bond acceptors (Lipinski definition) is 4. The summed E-state index contributed by atoms with van der Waals surface area (Å²) in [5, 5.41) is 6.81. The Bertz CT molecular complexity index is 546. The van der Waals surface area contributed by atoms with E-state index >= 15 is 0 Å². The molecular weight excluding hydrogens is 284 g/mol. The molecule has 20 heavy (non-hydrogen) atoms. The minimum Gasteiger partial charge on any atom is -0.381 e. The number of thioether (sulfide) groups is 1. The summed E-state index contributed by atoms with van der Waals surface area (Å²) in [5.41, 5.74) is 2.79. The zero-order valence-electron chi connectivity index (χ0n) is 11.9. The molecule has 1 aromatic heterocycles. The fourth-order valence-electron chi connectivity index (χ4n) is 2.45. The highest BCUT2D eigenvalue weighted by atomic mass is 32.2. The van der Waals surface area contributed by atoms with Crippen molar-refractivity contribution in [2.45, 2.75) is 26.3 Å². The summed E-state index contributed by atoms with van der Waals surface area (Å²) in [4.78, 5) is 4.35. The van der Waals surface area contributed by atoms with Crippen LogP contribution in [-0.4, -0.2) is 22.5 Å². The SMILES string of the molecule is CC1(C)CCSCC1Nc1ccc(-c2nccs2)cc1. The lowest BCUT2D eigenvalue weighted by molar-refractivity contribution is 0.305. The normalized spacial score (nSPS) is 21.6. The Morgan fingerprint density at radius 2 is 2.05 bits per heavy atom. The largest absolute Gasteiger partial charge is 0.381 e. The molecular formula is C16H20N2S2. The molecule has 2 nitrogen and oxygen atoms in total. The van der Waals surface area contributed by atoms with Crippen LogP contribution in [0.3, 0.4) is 0 Å². The second kappa shape index (κ2) is 5.78. The van der Waals surface area contributed by atoms with Gasteiger partial charge in [0.1, 0.15) is 5.01 Å². The van der Waals surface area contributed by atoms with Gasteiger partial charge in [-0.1, -0.05) is 13.8 Å². The fraction of sp³-hybridized carbons (Fsp3) is 0.438. The van der Waals surface area contributed by atoms with Crippen molar-refractivity contribution in [1.82, 2.24) is 4.98 Å². The lowest BCUT2D eigenvalue weighted by Crippen LogP contribution is -2.41. The molecule has 0 spiro atoms. The lowest BCUT2D eigenvalue weighted by Gasteiger charge is -2.39. The van der Waals surface area contributed by atoms with Gasteiger partial charge >= 0.3 is 0 Å². The summed E-state index contributed by atoms with van der Waals surface area (Å²) in [5.74, 6) is 2.48. The van der Waals surface area contributed by atoms with Gasteiger partial charge in [-0.2, -0.15) is 11.8 Å². The molecule has 3 rings (SSSR count). The van der Waals surface area contributed by atoms with E-state index in [1.54, 1.807) is 11.3 Å². The molecule has 1 unspecified atom stereocenters. The predicted molar refractivity (Wildman–Crippen MR) is 90.7 cm³/mol. The quantitative estimate of drug-likeness (QED) is 0.885. The summed E-state index contributed by atoms with van der Waals surface area (Å²) >= 11 is 3.74. The van der Waals surface area contributed by atoms with E-state index in [0.717, 1.165) is 5.01 Å². The van der Waals surface area contributed by atoms with E-state index in [1.807, 2.05) is 11.6 Å². The summed E-state index contributed by atoms with van der Waals surface area (Å²) < 4.78 is 0. The monoisotopic (exact) mass is 304 g/mol. The number of benzene rings is 1. The first-order valence-corrected chi connectivity index (χ1v) is 9.03. The molecule has 1 N–H and O–H groups in total. The average Bonchev–Trinajstić information content (AvgIpc) is 2.96. The fourth-order valence-corrected chi connectivity index (χ4v) is 4.70. The standard InChI is InChI=1S/C16H20N2S2/c1-16(2)7-9-19-11-14(16)18-13-5-3-12(4-6-13)15-17-8-10-20-15/h3-6,8,10,14,18H,7,9,11H2,1-2H3. The number of rotatable bonds is 3. The molecule has 0 bridgehead atoms. The number of nitrogens with one attached hydrogen (secondary N) is 1. The maximum Gasteiger partial charge on any atom is 0.123 e. The molecule has 4 heteroatoms. The number of aromatic nitrogens is 1. The molecule has 1 fully saturated rings. The van der Waals surface area contributed by atoms with Crippen LogP contribution >= 0.6 is 23.1 Å². The van der Waals surface area contributed by atoms with E-state index in [0.29, 0.717) is 11.5 Å². The van der Waals surface area contributed by atoms with Crippen molar-refractivity contribution in [3.63, 3.8) is 0 Å². The van der Waals surface area contributed by atoms with Gasteiger partial charge in [0.05, 0.1) is 0 Å². The molecule has 1 atom stereocenters. The number of nitrogens with zero attached hydrogens (tertiary/aromatic N) is 1. The van der Waals surface area contributed by atoms with Gasteiger partial charge in [-0.05, 0) is 41.9 Å². The van der Waals surface area contributed by atoms with E-state index < -0.39 is 0 Å². The highest BCUT2D eigenvalue weighted by molar-refractivity contribution is 7.99. The first-order valence-electron chi connectivity index (χ1n) is 6.99. The summed E-state index contributed by atoms with van der Waals surface area (Å²) in [6.07, 6.45) is 3.14. The maximum absolute atomic E-state index is 4.35. The van der Waals surface area contributed by atoms with Crippen LogP contribution in [0.1, 0.15) is 20.3 Å². The van der Waals surface area contributed by atoms with Crippen molar-refractivity contribution in [1.29, 1.82) is 0 Å². The second-order valence-corrected chi connectivity index (χ2v) is 7.97. The zero-order chi connectivity index (χ0) is 14.0. The zero-order valence-corrected chi connectivity index (χ0v) is 13.6. The van der Waals surface area contributed by atoms with Gasteiger partial charge in [-0.25, -0.2) is 4.98 Å². The summed E-state index contributed by atoms with van der Waals surface area (Å²) in [7, 11) is 0. The van der Waals surface area contributed by atoms with Gasteiger partial charge in [0.25, 0.3) is 0 Å². The van der Waals surface area contributed by atoms with Crippen LogP contribution in [0, 0.1) is 5.41 Å². The first-order chi connectivity index (χ1) is 9.65. The average molecular weight is 304 g/mol. The smallest absolute Gasteiger partial charge is 0.123 e. The van der Waals surface area contributed by atoms with Crippen molar-refractivity contribution >= 4 is 28.8 Å². The third kappa shape index (κ3) is 3.01. The maximum atomic E-state index is 4.35. The molecule has 0 aliphatic carbocycles. The molecule has 1 saturated heterocycles. The molecule has 1 aromatic carbocycles. The predicted octanol–water partition coefficient (Wildman–Crippen LogP) is 4.75. The molecule has 2 heterocycles. The van der Waals surface area contributed by atoms with Crippen molar-refractivity contribution in [2.75, 3.05) is 16.8 Å². The Morgan fingerprint density at radius 1 is 1.25 bits per heavy atom. The van der Waals surface area contributed by atoms with Crippen molar-refractivity contribution in [2.24, 2.45) is 5.41 Å². The molecule has 1 aliphatic rings. The first kappa shape index (κ1) is 14.0.